The Balaban J connectivity index is 1.44. The minimum Gasteiger partial charge on any atom is -0.451 e. The molecule has 32 heavy (non-hydrogen) atoms. The van der Waals surface area contributed by atoms with Crippen LogP contribution in [0.25, 0.3) is 11.3 Å². The van der Waals surface area contributed by atoms with Crippen molar-refractivity contribution in [2.45, 2.75) is 6.92 Å². The molecule has 0 bridgehead atoms. The van der Waals surface area contributed by atoms with Gasteiger partial charge in [-0.2, -0.15) is 0 Å². The Hall–Kier alpha value is -2.67. The maximum Gasteiger partial charge on any atom is 0.291 e. The van der Waals surface area contributed by atoms with Crippen LogP contribution in [0.3, 0.4) is 0 Å². The highest BCUT2D eigenvalue weighted by molar-refractivity contribution is 6.36. The van der Waals surface area contributed by atoms with Crippen molar-refractivity contribution >= 4 is 58.0 Å². The number of nitrogens with one attached hydrogen (secondary N) is 1. The zero-order valence-corrected chi connectivity index (χ0v) is 19.5. The molecule has 0 spiro atoms. The molecule has 1 saturated heterocycles. The first-order valence-electron chi connectivity index (χ1n) is 9.98. The quantitative estimate of drug-likeness (QED) is 0.498. The Morgan fingerprint density at radius 2 is 1.66 bits per heavy atom. The van der Waals surface area contributed by atoms with Gasteiger partial charge in [-0.05, 0) is 48.5 Å². The van der Waals surface area contributed by atoms with Gasteiger partial charge in [0.15, 0.2) is 5.76 Å². The lowest BCUT2D eigenvalue weighted by Gasteiger charge is -2.36. The molecule has 0 aliphatic carbocycles. The zero-order valence-electron chi connectivity index (χ0n) is 17.2. The first-order valence-corrected chi connectivity index (χ1v) is 11.1. The van der Waals surface area contributed by atoms with Crippen molar-refractivity contribution in [1.82, 2.24) is 4.90 Å². The normalized spacial score (nSPS) is 13.9. The number of amides is 2. The van der Waals surface area contributed by atoms with Gasteiger partial charge in [-0.25, -0.2) is 0 Å². The number of carbonyl (C=O) groups is 2. The molecule has 6 nitrogen and oxygen atoms in total. The van der Waals surface area contributed by atoms with Crippen LogP contribution in [-0.4, -0.2) is 42.9 Å². The van der Waals surface area contributed by atoms with E-state index < -0.39 is 5.91 Å². The highest BCUT2D eigenvalue weighted by atomic mass is 35.5. The third kappa shape index (κ3) is 4.88. The van der Waals surface area contributed by atoms with Gasteiger partial charge in [0.25, 0.3) is 5.91 Å². The Bertz CT molecular complexity index is 1170. The van der Waals surface area contributed by atoms with Gasteiger partial charge in [-0.1, -0.05) is 34.8 Å². The molecule has 3 aromatic rings. The van der Waals surface area contributed by atoms with E-state index in [-0.39, 0.29) is 11.7 Å². The second-order valence-electron chi connectivity index (χ2n) is 7.40. The van der Waals surface area contributed by atoms with Crippen molar-refractivity contribution in [3.05, 3.63) is 69.4 Å². The van der Waals surface area contributed by atoms with E-state index in [0.717, 1.165) is 5.69 Å². The summed E-state index contributed by atoms with van der Waals surface area (Å²) in [7, 11) is 0. The molecule has 1 fully saturated rings. The molecule has 4 rings (SSSR count). The number of rotatable bonds is 4. The van der Waals surface area contributed by atoms with Crippen molar-refractivity contribution < 1.29 is 14.0 Å². The van der Waals surface area contributed by atoms with Crippen molar-refractivity contribution in [3.63, 3.8) is 0 Å². The summed E-state index contributed by atoms with van der Waals surface area (Å²) in [5.41, 5.74) is 2.06. The largest absolute Gasteiger partial charge is 0.451 e. The Morgan fingerprint density at radius 1 is 0.906 bits per heavy atom. The number of furan rings is 1. The van der Waals surface area contributed by atoms with E-state index >= 15 is 0 Å². The first-order chi connectivity index (χ1) is 15.3. The van der Waals surface area contributed by atoms with Crippen molar-refractivity contribution in [2.75, 3.05) is 36.4 Å². The lowest BCUT2D eigenvalue weighted by Crippen LogP contribution is -2.48. The van der Waals surface area contributed by atoms with Crippen LogP contribution in [0.15, 0.2) is 52.9 Å². The smallest absolute Gasteiger partial charge is 0.291 e. The number of carbonyl (C=O) groups excluding carboxylic acids is 2. The fourth-order valence-electron chi connectivity index (χ4n) is 3.59. The average Bonchev–Trinajstić information content (AvgIpc) is 3.24. The first kappa shape index (κ1) is 22.5. The number of hydrogen-bond acceptors (Lipinski definition) is 4. The summed E-state index contributed by atoms with van der Waals surface area (Å²) in [6.07, 6.45) is 0. The highest BCUT2D eigenvalue weighted by Crippen LogP contribution is 2.33. The monoisotopic (exact) mass is 491 g/mol. The number of anilines is 2. The Labute approximate surface area is 200 Å². The van der Waals surface area contributed by atoms with Crippen LogP contribution in [-0.2, 0) is 4.79 Å². The molecular formula is C23H20Cl3N3O3. The van der Waals surface area contributed by atoms with Crippen LogP contribution in [0.4, 0.5) is 11.4 Å². The number of hydrogen-bond donors (Lipinski definition) is 1. The molecule has 1 aliphatic rings. The minimum absolute atomic E-state index is 0.0771. The van der Waals surface area contributed by atoms with Crippen LogP contribution in [0.2, 0.25) is 15.1 Å². The molecule has 2 aromatic carbocycles. The summed E-state index contributed by atoms with van der Waals surface area (Å²) in [6.45, 7) is 4.29. The van der Waals surface area contributed by atoms with Gasteiger partial charge in [0.2, 0.25) is 5.91 Å². The van der Waals surface area contributed by atoms with E-state index in [1.165, 1.54) is 0 Å². The SMILES string of the molecule is CC(=O)N1CCN(c2ccc(NC(=O)c3ccc(-c4ccc(Cl)cc4Cl)o3)cc2Cl)CC1. The fourth-order valence-corrected chi connectivity index (χ4v) is 4.39. The fraction of sp³-hybridized carbons (Fsp3) is 0.217. The average molecular weight is 493 g/mol. The van der Waals surface area contributed by atoms with Gasteiger partial charge >= 0.3 is 0 Å². The number of piperazine rings is 1. The van der Waals surface area contributed by atoms with Crippen molar-refractivity contribution in [3.8, 4) is 11.3 Å². The van der Waals surface area contributed by atoms with Crippen LogP contribution in [0.1, 0.15) is 17.5 Å². The number of halogens is 3. The minimum atomic E-state index is -0.403. The topological polar surface area (TPSA) is 65.8 Å². The van der Waals surface area contributed by atoms with Gasteiger partial charge in [-0.15, -0.1) is 0 Å². The van der Waals surface area contributed by atoms with E-state index in [4.69, 9.17) is 39.2 Å². The summed E-state index contributed by atoms with van der Waals surface area (Å²) in [5, 5.41) is 4.27. The molecule has 0 saturated carbocycles. The Morgan fingerprint density at radius 3 is 2.31 bits per heavy atom. The lowest BCUT2D eigenvalue weighted by molar-refractivity contribution is -0.129. The molecule has 2 heterocycles. The highest BCUT2D eigenvalue weighted by Gasteiger charge is 2.21. The molecule has 0 radical (unpaired) electrons. The van der Waals surface area contributed by atoms with Gasteiger partial charge in [-0.3, -0.25) is 9.59 Å². The molecule has 1 aromatic heterocycles. The predicted molar refractivity (Wildman–Crippen MR) is 128 cm³/mol. The van der Waals surface area contributed by atoms with Gasteiger partial charge in [0, 0.05) is 49.4 Å². The van der Waals surface area contributed by atoms with E-state index in [0.29, 0.717) is 58.3 Å². The van der Waals surface area contributed by atoms with Gasteiger partial charge < -0.3 is 19.5 Å². The van der Waals surface area contributed by atoms with Crippen LogP contribution in [0.5, 0.6) is 0 Å². The number of nitrogens with zero attached hydrogens (tertiary/aromatic N) is 2. The molecule has 1 aliphatic heterocycles. The van der Waals surface area contributed by atoms with Crippen molar-refractivity contribution in [1.29, 1.82) is 0 Å². The van der Waals surface area contributed by atoms with E-state index in [2.05, 4.69) is 10.2 Å². The maximum atomic E-state index is 12.6. The van der Waals surface area contributed by atoms with Gasteiger partial charge in [0.1, 0.15) is 5.76 Å². The number of benzene rings is 2. The molecule has 9 heteroatoms. The van der Waals surface area contributed by atoms with Crippen LogP contribution >= 0.6 is 34.8 Å². The predicted octanol–water partition coefficient (Wildman–Crippen LogP) is 5.83. The van der Waals surface area contributed by atoms with Crippen LogP contribution in [0, 0.1) is 0 Å². The Kier molecular flexibility index (Phi) is 6.65. The summed E-state index contributed by atoms with van der Waals surface area (Å²) in [6, 6.07) is 13.7. The molecule has 0 unspecified atom stereocenters. The third-order valence-corrected chi connectivity index (χ3v) is 6.15. The summed E-state index contributed by atoms with van der Waals surface area (Å²) >= 11 is 18.6. The van der Waals surface area contributed by atoms with E-state index in [1.807, 2.05) is 11.0 Å². The second-order valence-corrected chi connectivity index (χ2v) is 8.65. The molecule has 166 valence electrons. The lowest BCUT2D eigenvalue weighted by atomic mass is 10.2. The molecule has 2 amide bonds. The van der Waals surface area contributed by atoms with Crippen molar-refractivity contribution in [2.24, 2.45) is 0 Å². The summed E-state index contributed by atoms with van der Waals surface area (Å²) in [5.74, 6) is 0.287. The van der Waals surface area contributed by atoms with E-state index in [1.54, 1.807) is 49.4 Å². The molecular weight excluding hydrogens is 473 g/mol. The standard InChI is InChI=1S/C23H20Cl3N3O3/c1-14(30)28-8-10-29(11-9-28)20-5-3-16(13-19(20)26)27-23(31)22-7-6-21(32-22)17-4-2-15(24)12-18(17)25/h2-7,12-13H,8-11H2,1H3,(H,27,31). The maximum absolute atomic E-state index is 12.6. The van der Waals surface area contributed by atoms with Crippen LogP contribution < -0.4 is 10.2 Å². The van der Waals surface area contributed by atoms with Gasteiger partial charge in [0.05, 0.1) is 15.7 Å². The summed E-state index contributed by atoms with van der Waals surface area (Å²) in [4.78, 5) is 28.1. The molecule has 0 atom stereocenters. The third-order valence-electron chi connectivity index (χ3n) is 5.30. The van der Waals surface area contributed by atoms with E-state index in [9.17, 15) is 9.59 Å². The second kappa shape index (κ2) is 9.45. The zero-order chi connectivity index (χ0) is 22.8. The summed E-state index contributed by atoms with van der Waals surface area (Å²) < 4.78 is 5.69. The molecule has 1 N–H and O–H groups in total.